The number of nitrogens with zero attached hydrogens (tertiary/aromatic N) is 6. The molecule has 0 aliphatic carbocycles. The number of benzene rings is 14. The zero-order valence-corrected chi connectivity index (χ0v) is 59.6. The van der Waals surface area contributed by atoms with Crippen molar-refractivity contribution in [2.24, 2.45) is 0 Å². The van der Waals surface area contributed by atoms with Crippen molar-refractivity contribution in [2.75, 3.05) is 0 Å². The van der Waals surface area contributed by atoms with Gasteiger partial charge in [0.25, 0.3) is 0 Å². The van der Waals surface area contributed by atoms with Gasteiger partial charge >= 0.3 is 0 Å². The fraction of sp³-hybridized carbons (Fsp3) is 0. The Hall–Kier alpha value is -14.9. The Bertz CT molecular complexity index is 6570. The van der Waals surface area contributed by atoms with Crippen LogP contribution in [0.15, 0.2) is 409 Å². The maximum absolute atomic E-state index is 6.89. The van der Waals surface area contributed by atoms with Crippen LogP contribution in [0.2, 0.25) is 0 Å². The molecule has 14 aromatic carbocycles. The van der Waals surface area contributed by atoms with Gasteiger partial charge in [-0.2, -0.15) is 0 Å². The van der Waals surface area contributed by atoms with Gasteiger partial charge in [-0.25, -0.2) is 29.9 Å². The standard InChI is InChI=1S/2C51H33N3O/c1-5-16-35(17-6-1)44-33-45(54-51(53-44)39-22-11-4-12-23-39)41-25-15-24-40(32-41)34-28-30-37(31-29-34)48-47-46(36-18-7-2-8-19-36)49(38-20-9-3-10-21-38)55-50(47)42-26-13-14-27-43(42)52-48;1-5-15-36(16-6-1)44-33-45(54-51(53-44)41-21-11-4-12-22-41)37-29-25-34(26-30-37)35-27-31-39(32-28-35)48-47-46(38-17-7-2-8-18-38)49(40-19-9-3-10-20-40)55-50(47)42-23-13-14-24-43(42)52-48/h2*1-33H. The van der Waals surface area contributed by atoms with Crippen molar-refractivity contribution in [1.82, 2.24) is 29.9 Å². The molecular formula is C102H66N6O2. The Morgan fingerprint density at radius 1 is 0.173 bits per heavy atom. The molecule has 0 unspecified atom stereocenters. The van der Waals surface area contributed by atoms with Gasteiger partial charge in [0.2, 0.25) is 0 Å². The number of aromatic nitrogens is 6. The molecule has 6 heterocycles. The normalized spacial score (nSPS) is 11.3. The maximum Gasteiger partial charge on any atom is 0.160 e. The molecule has 0 radical (unpaired) electrons. The van der Waals surface area contributed by atoms with Gasteiger partial charge in [0, 0.05) is 77.5 Å². The van der Waals surface area contributed by atoms with Crippen LogP contribution in [0.3, 0.4) is 0 Å². The summed E-state index contributed by atoms with van der Waals surface area (Å²) < 4.78 is 13.8. The first kappa shape index (κ1) is 65.9. The lowest BCUT2D eigenvalue weighted by Crippen LogP contribution is -1.96. The number of para-hydroxylation sites is 2. The molecule has 0 N–H and O–H groups in total. The molecule has 8 nitrogen and oxygen atoms in total. The van der Waals surface area contributed by atoms with E-state index in [9.17, 15) is 0 Å². The lowest BCUT2D eigenvalue weighted by atomic mass is 9.94. The number of furan rings is 2. The summed E-state index contributed by atoms with van der Waals surface area (Å²) in [6.07, 6.45) is 0. The number of fused-ring (bicyclic) bond motifs is 6. The van der Waals surface area contributed by atoms with Gasteiger partial charge in [-0.15, -0.1) is 0 Å². The first-order chi connectivity index (χ1) is 54.5. The number of rotatable bonds is 14. The summed E-state index contributed by atoms with van der Waals surface area (Å²) in [6, 6.07) is 138. The van der Waals surface area contributed by atoms with E-state index >= 15 is 0 Å². The molecule has 8 heteroatoms. The Balaban J connectivity index is 0.000000149. The highest BCUT2D eigenvalue weighted by atomic mass is 16.3. The minimum Gasteiger partial charge on any atom is -0.455 e. The van der Waals surface area contributed by atoms with E-state index < -0.39 is 0 Å². The summed E-state index contributed by atoms with van der Waals surface area (Å²) in [5.41, 5.74) is 27.7. The Morgan fingerprint density at radius 3 is 0.809 bits per heavy atom. The van der Waals surface area contributed by atoms with Gasteiger partial charge in [0.05, 0.1) is 56.0 Å². The molecular weight excluding hydrogens is 1340 g/mol. The fourth-order valence-corrected chi connectivity index (χ4v) is 14.8. The minimum absolute atomic E-state index is 0.699. The molecule has 20 aromatic rings. The number of hydrogen-bond donors (Lipinski definition) is 0. The Labute approximate surface area is 636 Å². The summed E-state index contributed by atoms with van der Waals surface area (Å²) in [7, 11) is 0. The van der Waals surface area contributed by atoms with E-state index in [4.69, 9.17) is 38.7 Å². The quantitative estimate of drug-likeness (QED) is 0.106. The van der Waals surface area contributed by atoms with E-state index in [1.54, 1.807) is 0 Å². The molecule has 516 valence electrons. The van der Waals surface area contributed by atoms with E-state index in [1.807, 2.05) is 121 Å². The summed E-state index contributed by atoms with van der Waals surface area (Å²) in [5, 5.41) is 4.00. The summed E-state index contributed by atoms with van der Waals surface area (Å²) >= 11 is 0. The van der Waals surface area contributed by atoms with E-state index in [0.29, 0.717) is 11.6 Å². The molecule has 20 rings (SSSR count). The summed E-state index contributed by atoms with van der Waals surface area (Å²) in [5.74, 6) is 3.08. The van der Waals surface area contributed by atoms with Crippen LogP contribution in [-0.4, -0.2) is 29.9 Å². The van der Waals surface area contributed by atoms with Gasteiger partial charge < -0.3 is 8.83 Å². The van der Waals surface area contributed by atoms with Crippen molar-refractivity contribution in [3.8, 4) is 157 Å². The first-order valence-electron chi connectivity index (χ1n) is 36.9. The third-order valence-corrected chi connectivity index (χ3v) is 20.2. The van der Waals surface area contributed by atoms with Crippen LogP contribution in [0.5, 0.6) is 0 Å². The zero-order valence-electron chi connectivity index (χ0n) is 59.6. The smallest absolute Gasteiger partial charge is 0.160 e. The third kappa shape index (κ3) is 12.9. The fourth-order valence-electron chi connectivity index (χ4n) is 14.8. The Morgan fingerprint density at radius 2 is 0.436 bits per heavy atom. The lowest BCUT2D eigenvalue weighted by molar-refractivity contribution is 0.635. The second-order valence-electron chi connectivity index (χ2n) is 27.1. The molecule has 0 amide bonds. The lowest BCUT2D eigenvalue weighted by Gasteiger charge is -2.11. The van der Waals surface area contributed by atoms with E-state index in [1.165, 1.54) is 0 Å². The Kier molecular flexibility index (Phi) is 17.5. The SMILES string of the molecule is c1ccc(-c2cc(-c3ccc(-c4ccc(-c5nc6ccccc6c6oc(-c7ccccc7)c(-c7ccccc7)c56)cc4)cc3)nc(-c3ccccc3)n2)cc1.c1ccc(-c2cc(-c3cccc(-c4ccc(-c5nc6ccccc6c6oc(-c7ccccc7)c(-c7ccccc7)c56)cc4)c3)nc(-c3ccccc3)n2)cc1. The molecule has 0 atom stereocenters. The third-order valence-electron chi connectivity index (χ3n) is 20.2. The molecule has 0 saturated carbocycles. The predicted molar refractivity (Wildman–Crippen MR) is 450 cm³/mol. The van der Waals surface area contributed by atoms with Crippen molar-refractivity contribution < 1.29 is 8.83 Å². The van der Waals surface area contributed by atoms with Crippen molar-refractivity contribution in [1.29, 1.82) is 0 Å². The summed E-state index contributed by atoms with van der Waals surface area (Å²) in [4.78, 5) is 30.6. The van der Waals surface area contributed by atoms with Gasteiger partial charge in [-0.05, 0) is 75.8 Å². The topological polar surface area (TPSA) is 104 Å². The molecule has 0 saturated heterocycles. The zero-order chi connectivity index (χ0) is 73.1. The van der Waals surface area contributed by atoms with E-state index in [-0.39, 0.29) is 0 Å². The van der Waals surface area contributed by atoms with Crippen molar-refractivity contribution >= 4 is 43.7 Å². The average molecular weight is 1410 g/mol. The molecule has 110 heavy (non-hydrogen) atoms. The molecule has 0 aliphatic rings. The molecule has 0 spiro atoms. The van der Waals surface area contributed by atoms with Crippen LogP contribution < -0.4 is 0 Å². The second-order valence-corrected chi connectivity index (χ2v) is 27.1. The van der Waals surface area contributed by atoms with Crippen LogP contribution >= 0.6 is 0 Å². The van der Waals surface area contributed by atoms with Crippen molar-refractivity contribution in [2.45, 2.75) is 0 Å². The molecule has 0 bridgehead atoms. The minimum atomic E-state index is 0.699. The average Bonchev–Trinajstić information content (AvgIpc) is 1.57. The van der Waals surface area contributed by atoms with Gasteiger partial charge in [0.1, 0.15) is 22.7 Å². The van der Waals surface area contributed by atoms with Crippen molar-refractivity contribution in [3.63, 3.8) is 0 Å². The van der Waals surface area contributed by atoms with E-state index in [2.05, 4.69) is 279 Å². The van der Waals surface area contributed by atoms with E-state index in [0.717, 1.165) is 190 Å². The van der Waals surface area contributed by atoms with Crippen molar-refractivity contribution in [3.05, 3.63) is 400 Å². The molecule has 0 aliphatic heterocycles. The van der Waals surface area contributed by atoms with Crippen LogP contribution in [0, 0.1) is 0 Å². The highest BCUT2D eigenvalue weighted by Crippen LogP contribution is 2.49. The van der Waals surface area contributed by atoms with Crippen LogP contribution in [0.1, 0.15) is 0 Å². The second kappa shape index (κ2) is 29.2. The largest absolute Gasteiger partial charge is 0.455 e. The summed E-state index contributed by atoms with van der Waals surface area (Å²) in [6.45, 7) is 0. The highest BCUT2D eigenvalue weighted by Gasteiger charge is 2.27. The molecule has 0 fully saturated rings. The predicted octanol–water partition coefficient (Wildman–Crippen LogP) is 26.9. The van der Waals surface area contributed by atoms with Gasteiger partial charge in [-0.1, -0.05) is 358 Å². The van der Waals surface area contributed by atoms with Crippen LogP contribution in [0.4, 0.5) is 0 Å². The first-order valence-corrected chi connectivity index (χ1v) is 36.9. The molecule has 6 aromatic heterocycles. The monoisotopic (exact) mass is 1410 g/mol. The number of hydrogen-bond acceptors (Lipinski definition) is 8. The van der Waals surface area contributed by atoms with Crippen LogP contribution in [0.25, 0.3) is 201 Å². The maximum atomic E-state index is 6.89. The number of pyridine rings is 2. The van der Waals surface area contributed by atoms with Gasteiger partial charge in [0.15, 0.2) is 11.6 Å². The van der Waals surface area contributed by atoms with Gasteiger partial charge in [-0.3, -0.25) is 0 Å². The van der Waals surface area contributed by atoms with Crippen LogP contribution in [-0.2, 0) is 0 Å². The highest BCUT2D eigenvalue weighted by molar-refractivity contribution is 6.18.